The Hall–Kier alpha value is -2.73. The maximum Gasteiger partial charge on any atom is 0.337 e. The summed E-state index contributed by atoms with van der Waals surface area (Å²) in [6, 6.07) is 7.98. The first kappa shape index (κ1) is 15.2. The minimum atomic E-state index is -0.647. The van der Waals surface area contributed by atoms with Crippen LogP contribution in [0.15, 0.2) is 30.3 Å². The molecule has 0 radical (unpaired) electrons. The number of imidazole rings is 1. The quantitative estimate of drug-likeness (QED) is 0.729. The number of ether oxygens (including phenoxy) is 1. The summed E-state index contributed by atoms with van der Waals surface area (Å²) in [6.07, 6.45) is 0. The fourth-order valence-corrected chi connectivity index (χ4v) is 2.60. The Labute approximate surface area is 131 Å². The number of halogens is 1. The number of nitrogens with one attached hydrogen (secondary N) is 1. The maximum atomic E-state index is 14.2. The van der Waals surface area contributed by atoms with Crippen molar-refractivity contribution in [3.63, 3.8) is 0 Å². The number of hydrogen-bond acceptors (Lipinski definition) is 4. The Bertz CT molecular complexity index is 902. The number of aromatic nitrogens is 2. The first-order chi connectivity index (χ1) is 11.0. The van der Waals surface area contributed by atoms with Gasteiger partial charge in [0.25, 0.3) is 0 Å². The van der Waals surface area contributed by atoms with E-state index in [9.17, 15) is 14.3 Å². The molecule has 0 fully saturated rings. The molecule has 0 saturated carbocycles. The van der Waals surface area contributed by atoms with E-state index in [1.807, 2.05) is 13.0 Å². The molecule has 0 amide bonds. The number of rotatable bonds is 3. The highest BCUT2D eigenvalue weighted by atomic mass is 19.1. The predicted molar refractivity (Wildman–Crippen MR) is 83.5 cm³/mol. The minimum Gasteiger partial charge on any atom is -0.465 e. The summed E-state index contributed by atoms with van der Waals surface area (Å²) in [7, 11) is 1.24. The predicted octanol–water partition coefficient (Wildman–Crippen LogP) is 2.96. The largest absolute Gasteiger partial charge is 0.465 e. The number of H-pyrrole nitrogens is 1. The molecule has 3 aromatic rings. The van der Waals surface area contributed by atoms with Crippen LogP contribution >= 0.6 is 0 Å². The van der Waals surface area contributed by atoms with Crippen molar-refractivity contribution in [2.75, 3.05) is 7.11 Å². The van der Waals surface area contributed by atoms with Gasteiger partial charge in [0.1, 0.15) is 11.6 Å². The first-order valence-corrected chi connectivity index (χ1v) is 7.02. The van der Waals surface area contributed by atoms with Crippen LogP contribution < -0.4 is 0 Å². The third-order valence-electron chi connectivity index (χ3n) is 3.69. The van der Waals surface area contributed by atoms with E-state index in [2.05, 4.69) is 14.7 Å². The van der Waals surface area contributed by atoms with Gasteiger partial charge >= 0.3 is 5.97 Å². The van der Waals surface area contributed by atoms with Gasteiger partial charge in [-0.1, -0.05) is 6.07 Å². The second-order valence-electron chi connectivity index (χ2n) is 5.19. The van der Waals surface area contributed by atoms with Gasteiger partial charge in [-0.2, -0.15) is 0 Å². The molecule has 0 unspecified atom stereocenters. The number of aryl methyl sites for hydroxylation is 1. The van der Waals surface area contributed by atoms with Crippen LogP contribution in [0.1, 0.15) is 21.7 Å². The molecule has 0 aliphatic heterocycles. The van der Waals surface area contributed by atoms with Crippen LogP contribution in [0.2, 0.25) is 0 Å². The number of benzene rings is 2. The van der Waals surface area contributed by atoms with Crippen LogP contribution in [0, 0.1) is 12.7 Å². The van der Waals surface area contributed by atoms with Gasteiger partial charge in [0, 0.05) is 5.56 Å². The number of carbonyl (C=O) groups excluding carboxylic acids is 1. The number of aliphatic hydroxyl groups is 1. The number of carbonyl (C=O) groups is 1. The molecule has 0 atom stereocenters. The van der Waals surface area contributed by atoms with Gasteiger partial charge in [-0.25, -0.2) is 14.2 Å². The van der Waals surface area contributed by atoms with E-state index in [-0.39, 0.29) is 11.1 Å². The lowest BCUT2D eigenvalue weighted by Crippen LogP contribution is -2.05. The number of nitrogens with zero attached hydrogens (tertiary/aromatic N) is 1. The molecule has 6 heteroatoms. The van der Waals surface area contributed by atoms with Gasteiger partial charge in [-0.3, -0.25) is 0 Å². The number of esters is 1. The van der Waals surface area contributed by atoms with Crippen LogP contribution in [0.3, 0.4) is 0 Å². The van der Waals surface area contributed by atoms with Crippen LogP contribution in [0.4, 0.5) is 4.39 Å². The maximum absolute atomic E-state index is 14.2. The zero-order valence-corrected chi connectivity index (χ0v) is 12.7. The second kappa shape index (κ2) is 5.81. The second-order valence-corrected chi connectivity index (χ2v) is 5.19. The number of aromatic amines is 1. The molecule has 118 valence electrons. The lowest BCUT2D eigenvalue weighted by molar-refractivity contribution is 0.0600. The third kappa shape index (κ3) is 2.68. The summed E-state index contributed by atoms with van der Waals surface area (Å²) in [6.45, 7) is 1.37. The number of fused-ring (bicyclic) bond motifs is 1. The molecule has 1 heterocycles. The number of aliphatic hydroxyl groups excluding tert-OH is 1. The smallest absolute Gasteiger partial charge is 0.337 e. The van der Waals surface area contributed by atoms with E-state index in [1.165, 1.54) is 13.2 Å². The van der Waals surface area contributed by atoms with Crippen LogP contribution in [0.25, 0.3) is 22.2 Å². The molecule has 0 bridgehead atoms. The molecule has 2 N–H and O–H groups in total. The molecular weight excluding hydrogens is 299 g/mol. The van der Waals surface area contributed by atoms with Crippen LogP contribution in [-0.4, -0.2) is 28.2 Å². The van der Waals surface area contributed by atoms with Crippen molar-refractivity contribution in [1.82, 2.24) is 9.97 Å². The topological polar surface area (TPSA) is 75.2 Å². The van der Waals surface area contributed by atoms with Gasteiger partial charge < -0.3 is 14.8 Å². The summed E-state index contributed by atoms with van der Waals surface area (Å²) in [4.78, 5) is 19.1. The Morgan fingerprint density at radius 1 is 1.35 bits per heavy atom. The molecule has 0 aliphatic carbocycles. The van der Waals surface area contributed by atoms with Crippen molar-refractivity contribution >= 4 is 17.0 Å². The van der Waals surface area contributed by atoms with Gasteiger partial charge in [0.15, 0.2) is 0 Å². The molecule has 0 spiro atoms. The van der Waals surface area contributed by atoms with E-state index < -0.39 is 18.4 Å². The molecule has 0 aliphatic rings. The highest BCUT2D eigenvalue weighted by Gasteiger charge is 2.16. The van der Waals surface area contributed by atoms with E-state index in [4.69, 9.17) is 0 Å². The SMILES string of the molecule is COC(=O)c1cc(F)c(CO)c(-c2ccc3nc(C)[nH]c3c2)c1. The zero-order chi connectivity index (χ0) is 16.6. The molecule has 23 heavy (non-hydrogen) atoms. The molecule has 5 nitrogen and oxygen atoms in total. The highest BCUT2D eigenvalue weighted by Crippen LogP contribution is 2.30. The minimum absolute atomic E-state index is 0.0955. The molecule has 2 aromatic carbocycles. The average molecular weight is 314 g/mol. The highest BCUT2D eigenvalue weighted by molar-refractivity contribution is 5.92. The van der Waals surface area contributed by atoms with E-state index in [0.717, 1.165) is 22.9 Å². The summed E-state index contributed by atoms with van der Waals surface area (Å²) < 4.78 is 18.9. The van der Waals surface area contributed by atoms with Crippen molar-refractivity contribution in [1.29, 1.82) is 0 Å². The normalized spacial score (nSPS) is 11.0. The van der Waals surface area contributed by atoms with Crippen molar-refractivity contribution in [2.45, 2.75) is 13.5 Å². The standard InChI is InChI=1S/C17H15FN2O3/c1-9-19-15-4-3-10(7-16(15)20-9)12-5-11(17(22)23-2)6-14(18)13(12)8-21/h3-7,21H,8H2,1-2H3,(H,19,20). The molecule has 0 saturated heterocycles. The fourth-order valence-electron chi connectivity index (χ4n) is 2.60. The Morgan fingerprint density at radius 2 is 2.13 bits per heavy atom. The number of methoxy groups -OCH3 is 1. The summed E-state index contributed by atoms with van der Waals surface area (Å²) in [5.74, 6) is -0.506. The molecular formula is C17H15FN2O3. The summed E-state index contributed by atoms with van der Waals surface area (Å²) >= 11 is 0. The average Bonchev–Trinajstić information content (AvgIpc) is 2.92. The summed E-state index contributed by atoms with van der Waals surface area (Å²) in [5, 5.41) is 9.49. The molecule has 1 aromatic heterocycles. The van der Waals surface area contributed by atoms with Crippen molar-refractivity contribution in [3.8, 4) is 11.1 Å². The van der Waals surface area contributed by atoms with Crippen LogP contribution in [0.5, 0.6) is 0 Å². The van der Waals surface area contributed by atoms with E-state index >= 15 is 0 Å². The fraction of sp³-hybridized carbons (Fsp3) is 0.176. The zero-order valence-electron chi connectivity index (χ0n) is 12.7. The van der Waals surface area contributed by atoms with Crippen LogP contribution in [-0.2, 0) is 11.3 Å². The third-order valence-corrected chi connectivity index (χ3v) is 3.69. The number of hydrogen-bond donors (Lipinski definition) is 2. The lowest BCUT2D eigenvalue weighted by atomic mass is 9.96. The summed E-state index contributed by atoms with van der Waals surface area (Å²) in [5.41, 5.74) is 2.94. The van der Waals surface area contributed by atoms with Crippen molar-refractivity contribution in [3.05, 3.63) is 53.1 Å². The lowest BCUT2D eigenvalue weighted by Gasteiger charge is -2.11. The van der Waals surface area contributed by atoms with Gasteiger partial charge in [0.05, 0.1) is 30.3 Å². The first-order valence-electron chi connectivity index (χ1n) is 7.02. The van der Waals surface area contributed by atoms with Crippen molar-refractivity contribution < 1.29 is 19.0 Å². The Morgan fingerprint density at radius 3 is 2.83 bits per heavy atom. The van der Waals surface area contributed by atoms with Gasteiger partial charge in [-0.15, -0.1) is 0 Å². The van der Waals surface area contributed by atoms with Crippen molar-refractivity contribution in [2.24, 2.45) is 0 Å². The van der Waals surface area contributed by atoms with E-state index in [0.29, 0.717) is 11.1 Å². The van der Waals surface area contributed by atoms with Gasteiger partial charge in [0.2, 0.25) is 0 Å². The van der Waals surface area contributed by atoms with Gasteiger partial charge in [-0.05, 0) is 42.3 Å². The molecule has 3 rings (SSSR count). The Balaban J connectivity index is 2.22. The van der Waals surface area contributed by atoms with E-state index in [1.54, 1.807) is 12.1 Å². The Kier molecular flexibility index (Phi) is 3.83. The monoisotopic (exact) mass is 314 g/mol.